The van der Waals surface area contributed by atoms with E-state index in [-0.39, 0.29) is 11.8 Å². The van der Waals surface area contributed by atoms with Crippen molar-refractivity contribution in [3.8, 4) is 0 Å². The van der Waals surface area contributed by atoms with Crippen LogP contribution in [0.1, 0.15) is 17.3 Å². The topological polar surface area (TPSA) is 58.6 Å². The van der Waals surface area contributed by atoms with Gasteiger partial charge in [0.2, 0.25) is 0 Å². The van der Waals surface area contributed by atoms with Crippen LogP contribution in [0.15, 0.2) is 24.3 Å². The average molecular weight is 250 g/mol. The minimum atomic E-state index is -0.529. The molecule has 0 heterocycles. The minimum absolute atomic E-state index is 0.106. The molecule has 98 valence electrons. The Balaban J connectivity index is 2.83. The van der Waals surface area contributed by atoms with Crippen LogP contribution in [-0.2, 0) is 9.53 Å². The molecule has 0 radical (unpaired) electrons. The van der Waals surface area contributed by atoms with Crippen LogP contribution in [0, 0.1) is 0 Å². The standard InChI is InChI=1S/C13H18N2O3/c1-9(18-4)12(16)14-11-7-5-6-10(8-11)13(17)15(2)3/h5-9H,1-4H3,(H,14,16). The Labute approximate surface area is 107 Å². The number of carbonyl (C=O) groups is 2. The second kappa shape index (κ2) is 6.16. The van der Waals surface area contributed by atoms with Crippen molar-refractivity contribution >= 4 is 17.5 Å². The molecule has 0 spiro atoms. The number of rotatable bonds is 4. The summed E-state index contributed by atoms with van der Waals surface area (Å²) in [6.45, 7) is 1.66. The SMILES string of the molecule is COC(C)C(=O)Nc1cccc(C(=O)N(C)C)c1. The van der Waals surface area contributed by atoms with Crippen molar-refractivity contribution in [2.45, 2.75) is 13.0 Å². The van der Waals surface area contributed by atoms with E-state index in [1.807, 2.05) is 0 Å². The van der Waals surface area contributed by atoms with Crippen molar-refractivity contribution < 1.29 is 14.3 Å². The number of nitrogens with one attached hydrogen (secondary N) is 1. The lowest BCUT2D eigenvalue weighted by molar-refractivity contribution is -0.124. The maximum absolute atomic E-state index is 11.8. The lowest BCUT2D eigenvalue weighted by Gasteiger charge is -2.13. The second-order valence-corrected chi connectivity index (χ2v) is 4.15. The molecule has 1 aromatic carbocycles. The molecule has 18 heavy (non-hydrogen) atoms. The second-order valence-electron chi connectivity index (χ2n) is 4.15. The van der Waals surface area contributed by atoms with Crippen LogP contribution in [0.25, 0.3) is 0 Å². The van der Waals surface area contributed by atoms with Crippen molar-refractivity contribution in [1.82, 2.24) is 4.90 Å². The number of amides is 2. The third-order valence-electron chi connectivity index (χ3n) is 2.51. The van der Waals surface area contributed by atoms with E-state index in [0.29, 0.717) is 11.3 Å². The molecule has 5 nitrogen and oxygen atoms in total. The van der Waals surface area contributed by atoms with Gasteiger partial charge in [-0.2, -0.15) is 0 Å². The first-order chi connectivity index (χ1) is 8.45. The zero-order valence-corrected chi connectivity index (χ0v) is 11.1. The lowest BCUT2D eigenvalue weighted by Crippen LogP contribution is -2.27. The van der Waals surface area contributed by atoms with Crippen LogP contribution in [0.4, 0.5) is 5.69 Å². The molecule has 1 aromatic rings. The molecular weight excluding hydrogens is 232 g/mol. The Morgan fingerprint density at radius 3 is 2.56 bits per heavy atom. The molecule has 0 saturated carbocycles. The highest BCUT2D eigenvalue weighted by Crippen LogP contribution is 2.12. The molecule has 1 N–H and O–H groups in total. The maximum Gasteiger partial charge on any atom is 0.253 e. The van der Waals surface area contributed by atoms with E-state index in [9.17, 15) is 9.59 Å². The van der Waals surface area contributed by atoms with Crippen LogP contribution >= 0.6 is 0 Å². The monoisotopic (exact) mass is 250 g/mol. The van der Waals surface area contributed by atoms with Gasteiger partial charge in [0.1, 0.15) is 6.10 Å². The van der Waals surface area contributed by atoms with Gasteiger partial charge in [0.15, 0.2) is 0 Å². The molecule has 1 atom stereocenters. The molecule has 2 amide bonds. The van der Waals surface area contributed by atoms with E-state index in [1.54, 1.807) is 45.3 Å². The Bertz CT molecular complexity index is 444. The number of carbonyl (C=O) groups excluding carboxylic acids is 2. The maximum atomic E-state index is 11.8. The highest BCUT2D eigenvalue weighted by Gasteiger charge is 2.13. The van der Waals surface area contributed by atoms with Gasteiger partial charge >= 0.3 is 0 Å². The van der Waals surface area contributed by atoms with Crippen LogP contribution in [0.3, 0.4) is 0 Å². The Morgan fingerprint density at radius 2 is 2.00 bits per heavy atom. The molecular formula is C13H18N2O3. The van der Waals surface area contributed by atoms with Gasteiger partial charge in [0.05, 0.1) is 0 Å². The third kappa shape index (κ3) is 3.56. The zero-order valence-electron chi connectivity index (χ0n) is 11.1. The summed E-state index contributed by atoms with van der Waals surface area (Å²) in [5.74, 6) is -0.349. The molecule has 1 rings (SSSR count). The van der Waals surface area contributed by atoms with E-state index >= 15 is 0 Å². The summed E-state index contributed by atoms with van der Waals surface area (Å²) in [5.41, 5.74) is 1.11. The number of anilines is 1. The van der Waals surface area contributed by atoms with E-state index < -0.39 is 6.10 Å². The molecule has 0 bridgehead atoms. The Morgan fingerprint density at radius 1 is 1.33 bits per heavy atom. The number of hydrogen-bond donors (Lipinski definition) is 1. The summed E-state index contributed by atoms with van der Waals surface area (Å²) in [4.78, 5) is 24.9. The Hall–Kier alpha value is -1.88. The van der Waals surface area contributed by atoms with E-state index in [2.05, 4.69) is 5.32 Å². The van der Waals surface area contributed by atoms with Gasteiger partial charge in [-0.25, -0.2) is 0 Å². The van der Waals surface area contributed by atoms with Gasteiger partial charge in [-0.1, -0.05) is 6.07 Å². The molecule has 0 aromatic heterocycles. The van der Waals surface area contributed by atoms with Crippen LogP contribution < -0.4 is 5.32 Å². The summed E-state index contributed by atoms with van der Waals surface area (Å²) >= 11 is 0. The molecule has 0 aliphatic heterocycles. The summed E-state index contributed by atoms with van der Waals surface area (Å²) in [7, 11) is 4.83. The van der Waals surface area contributed by atoms with Crippen molar-refractivity contribution in [2.24, 2.45) is 0 Å². The van der Waals surface area contributed by atoms with Crippen molar-refractivity contribution in [3.63, 3.8) is 0 Å². The normalized spacial score (nSPS) is 11.8. The van der Waals surface area contributed by atoms with Gasteiger partial charge < -0.3 is 15.0 Å². The molecule has 0 fully saturated rings. The third-order valence-corrected chi connectivity index (χ3v) is 2.51. The first-order valence-corrected chi connectivity index (χ1v) is 5.61. The number of methoxy groups -OCH3 is 1. The minimum Gasteiger partial charge on any atom is -0.372 e. The van der Waals surface area contributed by atoms with Gasteiger partial charge in [-0.15, -0.1) is 0 Å². The van der Waals surface area contributed by atoms with Gasteiger partial charge in [0, 0.05) is 32.5 Å². The number of hydrogen-bond acceptors (Lipinski definition) is 3. The van der Waals surface area contributed by atoms with E-state index in [4.69, 9.17) is 4.74 Å². The smallest absolute Gasteiger partial charge is 0.253 e. The summed E-state index contributed by atoms with van der Waals surface area (Å²) in [5, 5.41) is 2.69. The van der Waals surface area contributed by atoms with Gasteiger partial charge in [0.25, 0.3) is 11.8 Å². The summed E-state index contributed by atoms with van der Waals surface area (Å²) in [6, 6.07) is 6.80. The molecule has 1 unspecified atom stereocenters. The fourth-order valence-electron chi connectivity index (χ4n) is 1.34. The van der Waals surface area contributed by atoms with Gasteiger partial charge in [-0.05, 0) is 25.1 Å². The average Bonchev–Trinajstić information content (AvgIpc) is 2.36. The van der Waals surface area contributed by atoms with E-state index in [1.165, 1.54) is 12.0 Å². The molecule has 0 aliphatic rings. The fourth-order valence-corrected chi connectivity index (χ4v) is 1.34. The highest BCUT2D eigenvalue weighted by atomic mass is 16.5. The number of ether oxygens (including phenoxy) is 1. The van der Waals surface area contributed by atoms with Crippen molar-refractivity contribution in [3.05, 3.63) is 29.8 Å². The van der Waals surface area contributed by atoms with Gasteiger partial charge in [-0.3, -0.25) is 9.59 Å². The molecule has 0 saturated heterocycles. The predicted octanol–water partition coefficient (Wildman–Crippen LogP) is 1.36. The number of benzene rings is 1. The highest BCUT2D eigenvalue weighted by molar-refractivity contribution is 5.97. The van der Waals surface area contributed by atoms with E-state index in [0.717, 1.165) is 0 Å². The molecule has 0 aliphatic carbocycles. The van der Waals surface area contributed by atoms with Crippen molar-refractivity contribution in [2.75, 3.05) is 26.5 Å². The fraction of sp³-hybridized carbons (Fsp3) is 0.385. The summed E-state index contributed by atoms with van der Waals surface area (Å²) in [6.07, 6.45) is -0.529. The summed E-state index contributed by atoms with van der Waals surface area (Å²) < 4.78 is 4.91. The first-order valence-electron chi connectivity index (χ1n) is 5.61. The molecule has 5 heteroatoms. The van der Waals surface area contributed by atoms with Crippen LogP contribution in [-0.4, -0.2) is 44.0 Å². The van der Waals surface area contributed by atoms with Crippen LogP contribution in [0.5, 0.6) is 0 Å². The quantitative estimate of drug-likeness (QED) is 0.877. The Kier molecular flexibility index (Phi) is 4.85. The van der Waals surface area contributed by atoms with Crippen molar-refractivity contribution in [1.29, 1.82) is 0 Å². The first kappa shape index (κ1) is 14.2. The largest absolute Gasteiger partial charge is 0.372 e. The van der Waals surface area contributed by atoms with Crippen LogP contribution in [0.2, 0.25) is 0 Å². The lowest BCUT2D eigenvalue weighted by atomic mass is 10.1. The number of nitrogens with zero attached hydrogens (tertiary/aromatic N) is 1. The zero-order chi connectivity index (χ0) is 13.7. The predicted molar refractivity (Wildman–Crippen MR) is 69.6 cm³/mol.